The van der Waals surface area contributed by atoms with Crippen LogP contribution < -0.4 is 5.32 Å². The topological polar surface area (TPSA) is 92.8 Å². The molecule has 4 aromatic heterocycles. The lowest BCUT2D eigenvalue weighted by atomic mass is 10.0. The van der Waals surface area contributed by atoms with Crippen LogP contribution in [-0.2, 0) is 4.74 Å². The first-order chi connectivity index (χ1) is 17.6. The van der Waals surface area contributed by atoms with Crippen molar-refractivity contribution in [1.82, 2.24) is 25.3 Å². The Hall–Kier alpha value is -3.88. The number of rotatable bonds is 6. The van der Waals surface area contributed by atoms with E-state index in [9.17, 15) is 4.79 Å². The number of hydrogen-bond acceptors (Lipinski definition) is 7. The summed E-state index contributed by atoms with van der Waals surface area (Å²) in [6.07, 6.45) is 5.72. The number of nitrogens with one attached hydrogen (secondary N) is 2. The average molecular weight is 496 g/mol. The maximum Gasteiger partial charge on any atom is 0.348 e. The van der Waals surface area contributed by atoms with Crippen molar-refractivity contribution in [3.63, 3.8) is 0 Å². The zero-order valence-corrected chi connectivity index (χ0v) is 20.6. The van der Waals surface area contributed by atoms with Gasteiger partial charge in [-0.1, -0.05) is 12.1 Å². The Morgan fingerprint density at radius 1 is 1.11 bits per heavy atom. The summed E-state index contributed by atoms with van der Waals surface area (Å²) in [7, 11) is 0. The zero-order valence-electron chi connectivity index (χ0n) is 19.8. The molecule has 8 heteroatoms. The molecule has 0 aliphatic carbocycles. The Kier molecular flexibility index (Phi) is 6.04. The van der Waals surface area contributed by atoms with Crippen LogP contribution in [0.3, 0.4) is 0 Å². The highest BCUT2D eigenvalue weighted by atomic mass is 32.1. The van der Waals surface area contributed by atoms with Gasteiger partial charge in [0.05, 0.1) is 28.9 Å². The van der Waals surface area contributed by atoms with Gasteiger partial charge in [-0.15, -0.1) is 11.3 Å². The molecule has 0 bridgehead atoms. The monoisotopic (exact) mass is 495 g/mol. The lowest BCUT2D eigenvalue weighted by Gasteiger charge is -2.09. The molecule has 1 saturated heterocycles. The minimum atomic E-state index is -0.271. The lowest BCUT2D eigenvalue weighted by Crippen LogP contribution is -2.27. The Bertz CT molecular complexity index is 1550. The number of H-pyrrole nitrogens is 1. The summed E-state index contributed by atoms with van der Waals surface area (Å²) in [5.74, 6) is -0.271. The van der Waals surface area contributed by atoms with E-state index in [2.05, 4.69) is 37.4 Å². The third kappa shape index (κ3) is 4.53. The molecular formula is C28H25N5O2S. The number of aromatic amines is 1. The van der Waals surface area contributed by atoms with Crippen LogP contribution in [0.15, 0.2) is 66.4 Å². The second-order valence-corrected chi connectivity index (χ2v) is 9.92. The van der Waals surface area contributed by atoms with Crippen LogP contribution in [0.5, 0.6) is 0 Å². The maximum absolute atomic E-state index is 12.5. The molecule has 1 fully saturated rings. The molecule has 0 saturated carbocycles. The summed E-state index contributed by atoms with van der Waals surface area (Å²) < 4.78 is 5.52. The molecule has 0 radical (unpaired) electrons. The van der Waals surface area contributed by atoms with Crippen LogP contribution in [0.25, 0.3) is 44.7 Å². The molecule has 0 amide bonds. The molecule has 1 aromatic carbocycles. The van der Waals surface area contributed by atoms with Gasteiger partial charge in [-0.3, -0.25) is 9.97 Å². The van der Waals surface area contributed by atoms with E-state index in [1.807, 2.05) is 54.9 Å². The van der Waals surface area contributed by atoms with Crippen molar-refractivity contribution >= 4 is 28.2 Å². The standard InChI is InChI=1S/C28H25N5O2S/c1-17-4-2-6-24(33-17)27-26(31-16-32-27)18-7-8-23-19(10-18)11-20(13-30-23)21-12-25(36-15-21)28(34)35-14-22-5-3-9-29-22/h2,4,6-8,10-13,15-16,22,29H,3,5,9,14H2,1H3,(H,31,32)/t22-/m1/s1. The number of nitrogens with zero attached hydrogens (tertiary/aromatic N) is 3. The highest BCUT2D eigenvalue weighted by molar-refractivity contribution is 7.12. The fourth-order valence-corrected chi connectivity index (χ4v) is 5.38. The molecule has 7 nitrogen and oxygen atoms in total. The summed E-state index contributed by atoms with van der Waals surface area (Å²) in [5.41, 5.74) is 7.33. The minimum Gasteiger partial charge on any atom is -0.460 e. The van der Waals surface area contributed by atoms with Crippen molar-refractivity contribution in [2.45, 2.75) is 25.8 Å². The second kappa shape index (κ2) is 9.64. The lowest BCUT2D eigenvalue weighted by molar-refractivity contribution is 0.0479. The van der Waals surface area contributed by atoms with Crippen LogP contribution in [0.2, 0.25) is 0 Å². The zero-order chi connectivity index (χ0) is 24.5. The molecular weight excluding hydrogens is 470 g/mol. The average Bonchev–Trinajstić information content (AvgIpc) is 3.68. The predicted molar refractivity (Wildman–Crippen MR) is 142 cm³/mol. The number of fused-ring (bicyclic) bond motifs is 1. The number of pyridine rings is 2. The number of carbonyl (C=O) groups is 1. The molecule has 5 heterocycles. The summed E-state index contributed by atoms with van der Waals surface area (Å²) in [6.45, 7) is 3.39. The van der Waals surface area contributed by atoms with Crippen molar-refractivity contribution in [2.75, 3.05) is 13.2 Å². The quantitative estimate of drug-likeness (QED) is 0.297. The van der Waals surface area contributed by atoms with E-state index in [4.69, 9.17) is 4.74 Å². The van der Waals surface area contributed by atoms with E-state index >= 15 is 0 Å². The molecule has 1 aliphatic heterocycles. The minimum absolute atomic E-state index is 0.268. The second-order valence-electron chi connectivity index (χ2n) is 9.01. The first-order valence-corrected chi connectivity index (χ1v) is 12.9. The Balaban J connectivity index is 1.27. The van der Waals surface area contributed by atoms with E-state index in [-0.39, 0.29) is 12.0 Å². The molecule has 0 unspecified atom stereocenters. The van der Waals surface area contributed by atoms with Gasteiger partial charge < -0.3 is 15.0 Å². The number of aromatic nitrogens is 4. The number of benzene rings is 1. The van der Waals surface area contributed by atoms with Gasteiger partial charge in [0.1, 0.15) is 11.5 Å². The fraction of sp³-hybridized carbons (Fsp3) is 0.214. The van der Waals surface area contributed by atoms with Gasteiger partial charge in [-0.2, -0.15) is 0 Å². The highest BCUT2D eigenvalue weighted by Crippen LogP contribution is 2.32. The van der Waals surface area contributed by atoms with E-state index in [1.165, 1.54) is 11.3 Å². The van der Waals surface area contributed by atoms with Crippen molar-refractivity contribution in [2.24, 2.45) is 0 Å². The van der Waals surface area contributed by atoms with Crippen LogP contribution in [0.4, 0.5) is 0 Å². The van der Waals surface area contributed by atoms with Crippen molar-refractivity contribution in [3.8, 4) is 33.8 Å². The molecule has 1 atom stereocenters. The smallest absolute Gasteiger partial charge is 0.348 e. The van der Waals surface area contributed by atoms with Crippen molar-refractivity contribution in [1.29, 1.82) is 0 Å². The van der Waals surface area contributed by atoms with Crippen LogP contribution in [0.1, 0.15) is 28.2 Å². The van der Waals surface area contributed by atoms with Gasteiger partial charge in [-0.05, 0) is 73.7 Å². The van der Waals surface area contributed by atoms with Crippen LogP contribution in [-0.4, -0.2) is 45.1 Å². The van der Waals surface area contributed by atoms with Crippen LogP contribution >= 0.6 is 11.3 Å². The number of carbonyl (C=O) groups excluding carboxylic acids is 1. The molecule has 2 N–H and O–H groups in total. The third-order valence-corrected chi connectivity index (χ3v) is 7.36. The number of imidazole rings is 1. The number of aryl methyl sites for hydroxylation is 1. The van der Waals surface area contributed by atoms with Crippen LogP contribution in [0, 0.1) is 6.92 Å². The highest BCUT2D eigenvalue weighted by Gasteiger charge is 2.18. The summed E-state index contributed by atoms with van der Waals surface area (Å²) in [4.78, 5) is 30.3. The normalized spacial score (nSPS) is 15.4. The largest absolute Gasteiger partial charge is 0.460 e. The Morgan fingerprint density at radius 2 is 2.03 bits per heavy atom. The van der Waals surface area contributed by atoms with Gasteiger partial charge in [0, 0.05) is 34.4 Å². The van der Waals surface area contributed by atoms with E-state index < -0.39 is 0 Å². The SMILES string of the molecule is Cc1cccc(-c2[nH]cnc2-c2ccc3ncc(-c4csc(C(=O)OC[C@H]5CCCN5)c4)cc3c2)n1. The van der Waals surface area contributed by atoms with Crippen molar-refractivity contribution < 1.29 is 9.53 Å². The number of esters is 1. The molecule has 36 heavy (non-hydrogen) atoms. The van der Waals surface area contributed by atoms with E-state index in [1.54, 1.807) is 6.33 Å². The summed E-state index contributed by atoms with van der Waals surface area (Å²) in [5, 5.41) is 6.33. The number of hydrogen-bond donors (Lipinski definition) is 2. The van der Waals surface area contributed by atoms with Gasteiger partial charge >= 0.3 is 5.97 Å². The van der Waals surface area contributed by atoms with Gasteiger partial charge in [0.2, 0.25) is 0 Å². The van der Waals surface area contributed by atoms with E-state index in [0.29, 0.717) is 11.5 Å². The molecule has 0 spiro atoms. The van der Waals surface area contributed by atoms with Gasteiger partial charge in [0.25, 0.3) is 0 Å². The maximum atomic E-state index is 12.5. The third-order valence-electron chi connectivity index (χ3n) is 6.45. The van der Waals surface area contributed by atoms with Crippen molar-refractivity contribution in [3.05, 3.63) is 77.0 Å². The Labute approximate surface area is 212 Å². The molecule has 5 aromatic rings. The molecule has 6 rings (SSSR count). The van der Waals surface area contributed by atoms with E-state index in [0.717, 1.165) is 69.8 Å². The Morgan fingerprint density at radius 3 is 2.89 bits per heavy atom. The molecule has 1 aliphatic rings. The first-order valence-electron chi connectivity index (χ1n) is 12.0. The predicted octanol–water partition coefficient (Wildman–Crippen LogP) is 5.63. The molecule has 180 valence electrons. The summed E-state index contributed by atoms with van der Waals surface area (Å²) >= 11 is 1.40. The first kappa shape index (κ1) is 22.6. The number of ether oxygens (including phenoxy) is 1. The van der Waals surface area contributed by atoms with Gasteiger partial charge in [-0.25, -0.2) is 9.78 Å². The summed E-state index contributed by atoms with van der Waals surface area (Å²) in [6, 6.07) is 16.3. The number of thiophene rings is 1. The van der Waals surface area contributed by atoms with Gasteiger partial charge in [0.15, 0.2) is 0 Å². The fourth-order valence-electron chi connectivity index (χ4n) is 4.57.